The van der Waals surface area contributed by atoms with Crippen LogP contribution in [0.3, 0.4) is 0 Å². The average molecular weight is 284 g/mol. The molecular weight excluding hydrogens is 256 g/mol. The number of ether oxygens (including phenoxy) is 2. The zero-order valence-electron chi connectivity index (χ0n) is 13.0. The van der Waals surface area contributed by atoms with Crippen LogP contribution in [0.4, 0.5) is 0 Å². The van der Waals surface area contributed by atoms with Crippen LogP contribution in [0, 0.1) is 5.92 Å². The number of morpholine rings is 1. The molecule has 1 heterocycles. The number of likely N-dealkylation sites (N-methyl/N-ethyl adjacent to an activating group) is 1. The van der Waals surface area contributed by atoms with Gasteiger partial charge in [0.15, 0.2) is 0 Å². The van der Waals surface area contributed by atoms with Gasteiger partial charge in [0.1, 0.15) is 5.54 Å². The second-order valence-electron chi connectivity index (χ2n) is 5.89. The maximum atomic E-state index is 12.6. The predicted octanol–water partition coefficient (Wildman–Crippen LogP) is 1.03. The summed E-state index contributed by atoms with van der Waals surface area (Å²) in [4.78, 5) is 14.9. The Hall–Kier alpha value is -0.650. The third-order valence-electron chi connectivity index (χ3n) is 4.36. The van der Waals surface area contributed by atoms with E-state index in [1.165, 1.54) is 0 Å². The first kappa shape index (κ1) is 15.7. The minimum absolute atomic E-state index is 0.0805. The number of hydrogen-bond acceptors (Lipinski definition) is 5. The first-order valence-corrected chi connectivity index (χ1v) is 7.88. The molecule has 1 N–H and O–H groups in total. The lowest BCUT2D eigenvalue weighted by atomic mass is 9.91. The van der Waals surface area contributed by atoms with Crippen molar-refractivity contribution in [2.45, 2.75) is 45.2 Å². The van der Waals surface area contributed by atoms with Crippen molar-refractivity contribution >= 4 is 5.97 Å². The molecule has 1 saturated carbocycles. The van der Waals surface area contributed by atoms with E-state index in [9.17, 15) is 4.79 Å². The molecule has 2 atom stereocenters. The Balaban J connectivity index is 2.13. The van der Waals surface area contributed by atoms with Crippen LogP contribution in [-0.2, 0) is 14.3 Å². The summed E-state index contributed by atoms with van der Waals surface area (Å²) in [6.07, 6.45) is 2.23. The van der Waals surface area contributed by atoms with Gasteiger partial charge in [-0.05, 0) is 39.2 Å². The van der Waals surface area contributed by atoms with E-state index in [1.807, 2.05) is 6.92 Å². The highest BCUT2D eigenvalue weighted by atomic mass is 16.5. The van der Waals surface area contributed by atoms with Gasteiger partial charge in [-0.1, -0.05) is 6.92 Å². The summed E-state index contributed by atoms with van der Waals surface area (Å²) in [5, 5.41) is 3.45. The molecule has 1 saturated heterocycles. The van der Waals surface area contributed by atoms with E-state index in [-0.39, 0.29) is 5.97 Å². The van der Waals surface area contributed by atoms with Gasteiger partial charge < -0.3 is 14.8 Å². The minimum atomic E-state index is -0.531. The van der Waals surface area contributed by atoms with E-state index in [0.29, 0.717) is 18.6 Å². The lowest BCUT2D eigenvalue weighted by Gasteiger charge is -2.41. The molecule has 0 aromatic rings. The number of carbonyl (C=O) groups is 1. The first-order chi connectivity index (χ1) is 9.64. The van der Waals surface area contributed by atoms with Crippen LogP contribution in [0.1, 0.15) is 33.6 Å². The largest absolute Gasteiger partial charge is 0.465 e. The predicted molar refractivity (Wildman–Crippen MR) is 77.6 cm³/mol. The van der Waals surface area contributed by atoms with Gasteiger partial charge in [0.05, 0.1) is 19.8 Å². The molecule has 0 aromatic heterocycles. The SMILES string of the molecule is CCNC(CN1CCOCC1C)(C(=O)OCC)C1CC1. The summed E-state index contributed by atoms with van der Waals surface area (Å²) in [7, 11) is 0. The minimum Gasteiger partial charge on any atom is -0.465 e. The van der Waals surface area contributed by atoms with Crippen molar-refractivity contribution in [3.05, 3.63) is 0 Å². The molecule has 0 amide bonds. The van der Waals surface area contributed by atoms with Crippen molar-refractivity contribution in [2.75, 3.05) is 39.5 Å². The van der Waals surface area contributed by atoms with Crippen molar-refractivity contribution in [3.63, 3.8) is 0 Å². The van der Waals surface area contributed by atoms with Crippen molar-refractivity contribution in [2.24, 2.45) is 5.92 Å². The standard InChI is InChI=1S/C15H28N2O3/c1-4-16-15(13-6-7-13,14(18)20-5-2)11-17-8-9-19-10-12(17)3/h12-13,16H,4-11H2,1-3H3. The summed E-state index contributed by atoms with van der Waals surface area (Å²) in [6, 6.07) is 0.356. The molecule has 2 unspecified atom stereocenters. The fourth-order valence-corrected chi connectivity index (χ4v) is 3.10. The summed E-state index contributed by atoms with van der Waals surface area (Å²) in [6.45, 7) is 10.4. The van der Waals surface area contributed by atoms with Crippen LogP contribution in [0.5, 0.6) is 0 Å². The zero-order valence-corrected chi connectivity index (χ0v) is 13.0. The van der Waals surface area contributed by atoms with E-state index in [1.54, 1.807) is 0 Å². The number of hydrogen-bond donors (Lipinski definition) is 1. The molecule has 1 aliphatic carbocycles. The molecule has 116 valence electrons. The second-order valence-corrected chi connectivity index (χ2v) is 5.89. The van der Waals surface area contributed by atoms with Gasteiger partial charge in [0, 0.05) is 19.1 Å². The average Bonchev–Trinajstić information content (AvgIpc) is 3.25. The van der Waals surface area contributed by atoms with Gasteiger partial charge >= 0.3 is 5.97 Å². The maximum Gasteiger partial charge on any atom is 0.327 e. The summed E-state index contributed by atoms with van der Waals surface area (Å²) in [5.41, 5.74) is -0.531. The van der Waals surface area contributed by atoms with Gasteiger partial charge in [0.2, 0.25) is 0 Å². The lowest BCUT2D eigenvalue weighted by molar-refractivity contribution is -0.154. The van der Waals surface area contributed by atoms with E-state index in [4.69, 9.17) is 9.47 Å². The quantitative estimate of drug-likeness (QED) is 0.708. The van der Waals surface area contributed by atoms with Gasteiger partial charge in [-0.3, -0.25) is 4.90 Å². The number of nitrogens with one attached hydrogen (secondary N) is 1. The molecule has 2 fully saturated rings. The Labute approximate surface area is 122 Å². The van der Waals surface area contributed by atoms with Crippen molar-refractivity contribution in [3.8, 4) is 0 Å². The molecular formula is C15H28N2O3. The van der Waals surface area contributed by atoms with E-state index < -0.39 is 5.54 Å². The Morgan fingerprint density at radius 1 is 1.45 bits per heavy atom. The number of esters is 1. The molecule has 0 bridgehead atoms. The molecule has 5 nitrogen and oxygen atoms in total. The number of nitrogens with zero attached hydrogens (tertiary/aromatic N) is 1. The van der Waals surface area contributed by atoms with Crippen molar-refractivity contribution in [1.82, 2.24) is 10.2 Å². The summed E-state index contributed by atoms with van der Waals surface area (Å²) < 4.78 is 10.9. The number of rotatable bonds is 7. The van der Waals surface area contributed by atoms with E-state index in [0.717, 1.165) is 45.7 Å². The molecule has 5 heteroatoms. The Morgan fingerprint density at radius 2 is 2.20 bits per heavy atom. The Morgan fingerprint density at radius 3 is 2.75 bits per heavy atom. The van der Waals surface area contributed by atoms with Gasteiger partial charge in [-0.25, -0.2) is 4.79 Å². The van der Waals surface area contributed by atoms with Crippen LogP contribution in [-0.4, -0.2) is 61.9 Å². The lowest BCUT2D eigenvalue weighted by Crippen LogP contribution is -2.63. The molecule has 0 spiro atoms. The van der Waals surface area contributed by atoms with Gasteiger partial charge in [0.25, 0.3) is 0 Å². The third kappa shape index (κ3) is 3.32. The van der Waals surface area contributed by atoms with Crippen molar-refractivity contribution < 1.29 is 14.3 Å². The molecule has 2 rings (SSSR count). The van der Waals surface area contributed by atoms with Crippen LogP contribution in [0.15, 0.2) is 0 Å². The fraction of sp³-hybridized carbons (Fsp3) is 0.933. The highest BCUT2D eigenvalue weighted by molar-refractivity contribution is 5.82. The Bertz CT molecular complexity index is 333. The van der Waals surface area contributed by atoms with Gasteiger partial charge in [-0.2, -0.15) is 0 Å². The maximum absolute atomic E-state index is 12.6. The first-order valence-electron chi connectivity index (χ1n) is 7.88. The molecule has 0 aromatic carbocycles. The van der Waals surface area contributed by atoms with Crippen LogP contribution >= 0.6 is 0 Å². The smallest absolute Gasteiger partial charge is 0.327 e. The van der Waals surface area contributed by atoms with E-state index >= 15 is 0 Å². The van der Waals surface area contributed by atoms with Crippen molar-refractivity contribution in [1.29, 1.82) is 0 Å². The zero-order chi connectivity index (χ0) is 14.6. The topological polar surface area (TPSA) is 50.8 Å². The highest BCUT2D eigenvalue weighted by Crippen LogP contribution is 2.41. The highest BCUT2D eigenvalue weighted by Gasteiger charge is 2.52. The van der Waals surface area contributed by atoms with Gasteiger partial charge in [-0.15, -0.1) is 0 Å². The summed E-state index contributed by atoms with van der Waals surface area (Å²) >= 11 is 0. The van der Waals surface area contributed by atoms with Crippen LogP contribution in [0.25, 0.3) is 0 Å². The van der Waals surface area contributed by atoms with E-state index in [2.05, 4.69) is 24.1 Å². The molecule has 0 radical (unpaired) electrons. The fourth-order valence-electron chi connectivity index (χ4n) is 3.10. The number of carbonyl (C=O) groups excluding carboxylic acids is 1. The molecule has 1 aliphatic heterocycles. The molecule has 2 aliphatic rings. The summed E-state index contributed by atoms with van der Waals surface area (Å²) in [5.74, 6) is 0.333. The van der Waals surface area contributed by atoms with Crippen LogP contribution < -0.4 is 5.32 Å². The van der Waals surface area contributed by atoms with Crippen LogP contribution in [0.2, 0.25) is 0 Å². The third-order valence-corrected chi connectivity index (χ3v) is 4.36. The monoisotopic (exact) mass is 284 g/mol. The normalized spacial score (nSPS) is 27.1. The molecule has 20 heavy (non-hydrogen) atoms. The Kier molecular flexibility index (Phi) is 5.41. The second kappa shape index (κ2) is 6.87.